The molecule has 0 spiro atoms. The first-order valence-corrected chi connectivity index (χ1v) is 10.2. The Bertz CT molecular complexity index is 689. The van der Waals surface area contributed by atoms with Crippen LogP contribution in [0.15, 0.2) is 33.1 Å². The zero-order valence-electron chi connectivity index (χ0n) is 13.3. The number of thioether (sulfide) groups is 1. The Balaban J connectivity index is 1.80. The summed E-state index contributed by atoms with van der Waals surface area (Å²) in [7, 11) is 0. The minimum Gasteiger partial charge on any atom is -0.301 e. The highest BCUT2D eigenvalue weighted by atomic mass is 79.9. The van der Waals surface area contributed by atoms with Crippen LogP contribution >= 0.6 is 39.0 Å². The molecule has 0 unspecified atom stereocenters. The van der Waals surface area contributed by atoms with Crippen LogP contribution < -0.4 is 5.32 Å². The van der Waals surface area contributed by atoms with E-state index in [9.17, 15) is 9.59 Å². The van der Waals surface area contributed by atoms with Gasteiger partial charge in [0.15, 0.2) is 10.1 Å². The minimum absolute atomic E-state index is 0.0350. The number of nitrogens with zero attached hydrogens (tertiary/aromatic N) is 2. The highest BCUT2D eigenvalue weighted by Gasteiger charge is 2.11. The van der Waals surface area contributed by atoms with Crippen LogP contribution in [0.2, 0.25) is 0 Å². The summed E-state index contributed by atoms with van der Waals surface area (Å²) in [6.07, 6.45) is 3.50. The molecule has 2 aromatic rings. The molecule has 0 radical (unpaired) electrons. The van der Waals surface area contributed by atoms with Crippen molar-refractivity contribution in [3.63, 3.8) is 0 Å². The average Bonchev–Trinajstić information content (AvgIpc) is 3.01. The normalized spacial score (nSPS) is 10.6. The summed E-state index contributed by atoms with van der Waals surface area (Å²) in [6, 6.07) is 7.26. The van der Waals surface area contributed by atoms with Crippen LogP contribution in [0.5, 0.6) is 0 Å². The molecule has 5 nitrogen and oxygen atoms in total. The number of hydrogen-bond donors (Lipinski definition) is 1. The summed E-state index contributed by atoms with van der Waals surface area (Å²) in [5.41, 5.74) is 0.666. The van der Waals surface area contributed by atoms with Gasteiger partial charge in [0.1, 0.15) is 0 Å². The van der Waals surface area contributed by atoms with Crippen molar-refractivity contribution in [2.24, 2.45) is 0 Å². The van der Waals surface area contributed by atoms with E-state index in [1.54, 1.807) is 12.1 Å². The molecule has 0 aliphatic carbocycles. The van der Waals surface area contributed by atoms with Crippen LogP contribution in [-0.2, 0) is 4.79 Å². The fourth-order valence-corrected chi connectivity index (χ4v) is 3.81. The minimum atomic E-state index is -0.0397. The van der Waals surface area contributed by atoms with Gasteiger partial charge in [-0.25, -0.2) is 0 Å². The number of aromatic nitrogens is 2. The molecule has 1 aromatic heterocycles. The number of Topliss-reactive ketones (excluding diaryl/α,β-unsaturated/α-hetero) is 1. The lowest BCUT2D eigenvalue weighted by molar-refractivity contribution is -0.116. The molecule has 24 heavy (non-hydrogen) atoms. The second-order valence-corrected chi connectivity index (χ2v) is 8.21. The maximum atomic E-state index is 12.1. The highest BCUT2D eigenvalue weighted by Crippen LogP contribution is 2.26. The molecule has 2 rings (SSSR count). The van der Waals surface area contributed by atoms with Crippen LogP contribution in [0.4, 0.5) is 5.13 Å². The molecule has 0 fully saturated rings. The first-order valence-electron chi connectivity index (χ1n) is 7.63. The van der Waals surface area contributed by atoms with E-state index in [4.69, 9.17) is 0 Å². The lowest BCUT2D eigenvalue weighted by Crippen LogP contribution is -2.10. The maximum Gasteiger partial charge on any atom is 0.226 e. The lowest BCUT2D eigenvalue weighted by Gasteiger charge is -2.00. The SMILES string of the molecule is CCCCCC(=O)Nc1nnc(SCC(=O)c2ccc(Br)cc2)s1. The molecule has 0 saturated heterocycles. The van der Waals surface area contributed by atoms with Gasteiger partial charge in [0.2, 0.25) is 11.0 Å². The molecule has 0 atom stereocenters. The second kappa shape index (κ2) is 9.90. The van der Waals surface area contributed by atoms with E-state index in [-0.39, 0.29) is 11.7 Å². The average molecular weight is 428 g/mol. The van der Waals surface area contributed by atoms with Gasteiger partial charge in [-0.1, -0.05) is 70.9 Å². The largest absolute Gasteiger partial charge is 0.301 e. The third kappa shape index (κ3) is 6.33. The highest BCUT2D eigenvalue weighted by molar-refractivity contribution is 9.10. The third-order valence-corrected chi connectivity index (χ3v) is 5.65. The Kier molecular flexibility index (Phi) is 7.87. The van der Waals surface area contributed by atoms with Crippen LogP contribution in [-0.4, -0.2) is 27.6 Å². The van der Waals surface area contributed by atoms with Gasteiger partial charge in [-0.3, -0.25) is 9.59 Å². The number of anilines is 1. The monoisotopic (exact) mass is 427 g/mol. The first kappa shape index (κ1) is 19.1. The van der Waals surface area contributed by atoms with E-state index in [2.05, 4.69) is 38.4 Å². The zero-order chi connectivity index (χ0) is 17.4. The van der Waals surface area contributed by atoms with Crippen molar-refractivity contribution >= 4 is 55.9 Å². The van der Waals surface area contributed by atoms with Crippen LogP contribution in [0.1, 0.15) is 43.0 Å². The van der Waals surface area contributed by atoms with E-state index in [0.29, 0.717) is 27.2 Å². The van der Waals surface area contributed by atoms with E-state index in [0.717, 1.165) is 23.7 Å². The Hall–Kier alpha value is -1.25. The number of carbonyl (C=O) groups is 2. The molecule has 1 heterocycles. The van der Waals surface area contributed by atoms with E-state index < -0.39 is 0 Å². The molecule has 0 aliphatic heterocycles. The van der Waals surface area contributed by atoms with Gasteiger partial charge < -0.3 is 5.32 Å². The van der Waals surface area contributed by atoms with Crippen LogP contribution in [0.3, 0.4) is 0 Å². The predicted octanol–water partition coefficient (Wildman–Crippen LogP) is 4.79. The van der Waals surface area contributed by atoms with Gasteiger partial charge in [-0.15, -0.1) is 10.2 Å². The second-order valence-electron chi connectivity index (χ2n) is 5.10. The van der Waals surface area contributed by atoms with Gasteiger partial charge in [0.05, 0.1) is 5.75 Å². The molecule has 128 valence electrons. The van der Waals surface area contributed by atoms with Crippen molar-refractivity contribution in [2.75, 3.05) is 11.1 Å². The number of benzene rings is 1. The fourth-order valence-electron chi connectivity index (χ4n) is 1.88. The van der Waals surface area contributed by atoms with Crippen molar-refractivity contribution in [1.82, 2.24) is 10.2 Å². The number of nitrogens with one attached hydrogen (secondary N) is 1. The molecule has 1 amide bonds. The number of halogens is 1. The third-order valence-electron chi connectivity index (χ3n) is 3.15. The Morgan fingerprint density at radius 3 is 2.67 bits per heavy atom. The van der Waals surface area contributed by atoms with Gasteiger partial charge in [0, 0.05) is 16.5 Å². The van der Waals surface area contributed by atoms with E-state index in [1.807, 2.05) is 12.1 Å². The summed E-state index contributed by atoms with van der Waals surface area (Å²) in [5.74, 6) is 0.288. The summed E-state index contributed by atoms with van der Waals surface area (Å²) >= 11 is 5.96. The molecule has 1 aromatic carbocycles. The first-order chi connectivity index (χ1) is 11.6. The van der Waals surface area contributed by atoms with E-state index in [1.165, 1.54) is 23.1 Å². The Labute approximate surface area is 157 Å². The van der Waals surface area contributed by atoms with Crippen LogP contribution in [0, 0.1) is 0 Å². The molecule has 8 heteroatoms. The van der Waals surface area contributed by atoms with Crippen molar-refractivity contribution in [1.29, 1.82) is 0 Å². The number of ketones is 1. The summed E-state index contributed by atoms with van der Waals surface area (Å²) in [6.45, 7) is 2.10. The number of carbonyl (C=O) groups excluding carboxylic acids is 2. The van der Waals surface area contributed by atoms with Crippen LogP contribution in [0.25, 0.3) is 0 Å². The predicted molar refractivity (Wildman–Crippen MR) is 102 cm³/mol. The molecule has 0 saturated carbocycles. The topological polar surface area (TPSA) is 72.0 Å². The number of amides is 1. The van der Waals surface area contributed by atoms with Crippen molar-refractivity contribution in [3.8, 4) is 0 Å². The summed E-state index contributed by atoms with van der Waals surface area (Å²) in [5, 5.41) is 11.2. The quantitative estimate of drug-likeness (QED) is 0.269. The zero-order valence-corrected chi connectivity index (χ0v) is 16.5. The van der Waals surface area contributed by atoms with Crippen molar-refractivity contribution in [3.05, 3.63) is 34.3 Å². The van der Waals surface area contributed by atoms with E-state index >= 15 is 0 Å². The maximum absolute atomic E-state index is 12.1. The van der Waals surface area contributed by atoms with Crippen molar-refractivity contribution in [2.45, 2.75) is 36.9 Å². The number of hydrogen-bond acceptors (Lipinski definition) is 6. The molecular weight excluding hydrogens is 410 g/mol. The Morgan fingerprint density at radius 1 is 1.21 bits per heavy atom. The molecule has 1 N–H and O–H groups in total. The number of rotatable bonds is 9. The lowest BCUT2D eigenvalue weighted by atomic mass is 10.2. The fraction of sp³-hybridized carbons (Fsp3) is 0.375. The van der Waals surface area contributed by atoms with Gasteiger partial charge in [-0.05, 0) is 18.6 Å². The number of unbranched alkanes of at least 4 members (excludes halogenated alkanes) is 2. The molecular formula is C16H18BrN3O2S2. The van der Waals surface area contributed by atoms with Gasteiger partial charge in [0.25, 0.3) is 0 Å². The Morgan fingerprint density at radius 2 is 1.96 bits per heavy atom. The molecule has 0 bridgehead atoms. The smallest absolute Gasteiger partial charge is 0.226 e. The standard InChI is InChI=1S/C16H18BrN3O2S2/c1-2-3-4-5-14(22)18-15-19-20-16(24-15)23-10-13(21)11-6-8-12(17)9-7-11/h6-9H,2-5,10H2,1H3,(H,18,19,22). The van der Waals surface area contributed by atoms with Gasteiger partial charge in [-0.2, -0.15) is 0 Å². The summed E-state index contributed by atoms with van der Waals surface area (Å²) < 4.78 is 1.61. The van der Waals surface area contributed by atoms with Crippen molar-refractivity contribution < 1.29 is 9.59 Å². The summed E-state index contributed by atoms with van der Waals surface area (Å²) in [4.78, 5) is 23.8. The van der Waals surface area contributed by atoms with Gasteiger partial charge >= 0.3 is 0 Å². The molecule has 0 aliphatic rings.